The molecular formula is C16H23ClN2O3. The van der Waals surface area contributed by atoms with Gasteiger partial charge in [-0.1, -0.05) is 23.7 Å². The van der Waals surface area contributed by atoms with Gasteiger partial charge in [0.15, 0.2) is 0 Å². The van der Waals surface area contributed by atoms with Crippen molar-refractivity contribution in [3.8, 4) is 0 Å². The van der Waals surface area contributed by atoms with Crippen LogP contribution in [0.4, 0.5) is 4.79 Å². The Bertz CT molecular complexity index is 481. The first-order valence-electron chi connectivity index (χ1n) is 7.51. The van der Waals surface area contributed by atoms with E-state index >= 15 is 0 Å². The number of morpholine rings is 1. The minimum Gasteiger partial charge on any atom is -0.385 e. The number of hydrogen-bond donors (Lipinski definition) is 1. The van der Waals surface area contributed by atoms with Gasteiger partial charge in [0.1, 0.15) is 0 Å². The first-order valence-corrected chi connectivity index (χ1v) is 7.89. The van der Waals surface area contributed by atoms with Crippen molar-refractivity contribution in [1.82, 2.24) is 10.2 Å². The van der Waals surface area contributed by atoms with Crippen molar-refractivity contribution in [2.24, 2.45) is 0 Å². The first kappa shape index (κ1) is 17.1. The maximum atomic E-state index is 12.5. The number of halogens is 1. The van der Waals surface area contributed by atoms with Crippen LogP contribution in [0.2, 0.25) is 5.02 Å². The third-order valence-electron chi connectivity index (χ3n) is 3.81. The SMILES string of the molecule is COCC[C@@H](NC(=O)N1CCOC[C@@H]1C)c1ccc(Cl)cc1. The summed E-state index contributed by atoms with van der Waals surface area (Å²) < 4.78 is 10.5. The van der Waals surface area contributed by atoms with Crippen LogP contribution in [0.5, 0.6) is 0 Å². The zero-order chi connectivity index (χ0) is 15.9. The van der Waals surface area contributed by atoms with Gasteiger partial charge in [-0.2, -0.15) is 0 Å². The number of nitrogens with one attached hydrogen (secondary N) is 1. The Balaban J connectivity index is 2.05. The van der Waals surface area contributed by atoms with Gasteiger partial charge in [-0.05, 0) is 31.0 Å². The Morgan fingerprint density at radius 3 is 2.86 bits per heavy atom. The molecule has 2 amide bonds. The molecule has 1 aliphatic heterocycles. The number of carbonyl (C=O) groups is 1. The van der Waals surface area contributed by atoms with Crippen LogP contribution >= 0.6 is 11.6 Å². The quantitative estimate of drug-likeness (QED) is 0.905. The second-order valence-electron chi connectivity index (χ2n) is 5.45. The Morgan fingerprint density at radius 2 is 2.23 bits per heavy atom. The molecule has 0 saturated carbocycles. The maximum absolute atomic E-state index is 12.5. The summed E-state index contributed by atoms with van der Waals surface area (Å²) in [5.41, 5.74) is 1.02. The minimum absolute atomic E-state index is 0.0631. The monoisotopic (exact) mass is 326 g/mol. The molecule has 2 atom stereocenters. The number of carbonyl (C=O) groups excluding carboxylic acids is 1. The van der Waals surface area contributed by atoms with E-state index in [-0.39, 0.29) is 18.1 Å². The predicted octanol–water partition coefficient (Wildman–Crippen LogP) is 2.85. The number of rotatable bonds is 5. The van der Waals surface area contributed by atoms with E-state index in [2.05, 4.69) is 5.32 Å². The van der Waals surface area contributed by atoms with Gasteiger partial charge in [0.2, 0.25) is 0 Å². The number of nitrogens with zero attached hydrogens (tertiary/aromatic N) is 1. The summed E-state index contributed by atoms with van der Waals surface area (Å²) in [5, 5.41) is 3.78. The molecule has 1 aliphatic rings. The average molecular weight is 327 g/mol. The standard InChI is InChI=1S/C16H23ClN2O3/c1-12-11-22-10-8-19(12)16(20)18-15(7-9-21-2)13-3-5-14(17)6-4-13/h3-6,12,15H,7-11H2,1-2H3,(H,18,20)/t12-,15+/m0/s1. The second kappa shape index (κ2) is 8.36. The van der Waals surface area contributed by atoms with E-state index in [0.717, 1.165) is 5.56 Å². The minimum atomic E-state index is -0.0974. The maximum Gasteiger partial charge on any atom is 0.318 e. The highest BCUT2D eigenvalue weighted by Crippen LogP contribution is 2.20. The van der Waals surface area contributed by atoms with Crippen LogP contribution < -0.4 is 5.32 Å². The third kappa shape index (κ3) is 4.60. The van der Waals surface area contributed by atoms with E-state index in [1.54, 1.807) is 7.11 Å². The van der Waals surface area contributed by atoms with E-state index in [1.807, 2.05) is 36.1 Å². The Hall–Kier alpha value is -1.30. The molecule has 2 rings (SSSR count). The van der Waals surface area contributed by atoms with Gasteiger partial charge in [0, 0.05) is 25.3 Å². The van der Waals surface area contributed by atoms with Crippen LogP contribution in [-0.4, -0.2) is 50.4 Å². The summed E-state index contributed by atoms with van der Waals surface area (Å²) in [5.74, 6) is 0. The fourth-order valence-electron chi connectivity index (χ4n) is 2.51. The highest BCUT2D eigenvalue weighted by atomic mass is 35.5. The highest BCUT2D eigenvalue weighted by molar-refractivity contribution is 6.30. The lowest BCUT2D eigenvalue weighted by molar-refractivity contribution is 0.0181. The van der Waals surface area contributed by atoms with Gasteiger partial charge in [0.05, 0.1) is 25.3 Å². The fourth-order valence-corrected chi connectivity index (χ4v) is 2.64. The number of benzene rings is 1. The lowest BCUT2D eigenvalue weighted by Gasteiger charge is -2.34. The number of methoxy groups -OCH3 is 1. The van der Waals surface area contributed by atoms with E-state index in [0.29, 0.717) is 37.8 Å². The molecule has 0 aromatic heterocycles. The molecule has 1 aromatic carbocycles. The molecule has 0 aliphatic carbocycles. The van der Waals surface area contributed by atoms with Crippen molar-refractivity contribution in [2.45, 2.75) is 25.4 Å². The van der Waals surface area contributed by atoms with Gasteiger partial charge in [-0.25, -0.2) is 4.79 Å². The lowest BCUT2D eigenvalue weighted by atomic mass is 10.0. The largest absolute Gasteiger partial charge is 0.385 e. The fraction of sp³-hybridized carbons (Fsp3) is 0.562. The molecule has 1 saturated heterocycles. The number of hydrogen-bond acceptors (Lipinski definition) is 3. The van der Waals surface area contributed by atoms with E-state index in [4.69, 9.17) is 21.1 Å². The van der Waals surface area contributed by atoms with Crippen molar-refractivity contribution in [2.75, 3.05) is 33.5 Å². The Morgan fingerprint density at radius 1 is 1.50 bits per heavy atom. The van der Waals surface area contributed by atoms with Crippen molar-refractivity contribution in [3.05, 3.63) is 34.9 Å². The van der Waals surface area contributed by atoms with Crippen LogP contribution in [0.25, 0.3) is 0 Å². The predicted molar refractivity (Wildman–Crippen MR) is 86.2 cm³/mol. The summed E-state index contributed by atoms with van der Waals surface area (Å²) >= 11 is 5.93. The van der Waals surface area contributed by atoms with Crippen LogP contribution in [0.15, 0.2) is 24.3 Å². The molecule has 122 valence electrons. The van der Waals surface area contributed by atoms with Crippen LogP contribution in [-0.2, 0) is 9.47 Å². The number of urea groups is 1. The first-order chi connectivity index (χ1) is 10.6. The number of ether oxygens (including phenoxy) is 2. The lowest BCUT2D eigenvalue weighted by Crippen LogP contribution is -2.51. The summed E-state index contributed by atoms with van der Waals surface area (Å²) in [7, 11) is 1.66. The van der Waals surface area contributed by atoms with E-state index < -0.39 is 0 Å². The molecule has 0 bridgehead atoms. The zero-order valence-electron chi connectivity index (χ0n) is 13.0. The van der Waals surface area contributed by atoms with Crippen molar-refractivity contribution in [3.63, 3.8) is 0 Å². The summed E-state index contributed by atoms with van der Waals surface area (Å²) in [6.07, 6.45) is 0.711. The van der Waals surface area contributed by atoms with Gasteiger partial charge in [-0.3, -0.25) is 0 Å². The van der Waals surface area contributed by atoms with Crippen LogP contribution in [0.1, 0.15) is 24.9 Å². The van der Waals surface area contributed by atoms with Gasteiger partial charge < -0.3 is 19.7 Å². The Kier molecular flexibility index (Phi) is 6.49. The van der Waals surface area contributed by atoms with E-state index in [1.165, 1.54) is 0 Å². The normalized spacial score (nSPS) is 19.8. The second-order valence-corrected chi connectivity index (χ2v) is 5.89. The van der Waals surface area contributed by atoms with E-state index in [9.17, 15) is 4.79 Å². The molecule has 5 nitrogen and oxygen atoms in total. The molecule has 1 aromatic rings. The highest BCUT2D eigenvalue weighted by Gasteiger charge is 2.25. The summed E-state index contributed by atoms with van der Waals surface area (Å²) in [6, 6.07) is 7.46. The smallest absolute Gasteiger partial charge is 0.318 e. The van der Waals surface area contributed by atoms with Crippen molar-refractivity contribution in [1.29, 1.82) is 0 Å². The average Bonchev–Trinajstić information content (AvgIpc) is 2.52. The van der Waals surface area contributed by atoms with Gasteiger partial charge in [0.25, 0.3) is 0 Å². The van der Waals surface area contributed by atoms with Crippen molar-refractivity contribution >= 4 is 17.6 Å². The zero-order valence-corrected chi connectivity index (χ0v) is 13.8. The Labute approximate surface area is 136 Å². The molecular weight excluding hydrogens is 304 g/mol. The molecule has 1 fully saturated rings. The van der Waals surface area contributed by atoms with Crippen LogP contribution in [0.3, 0.4) is 0 Å². The molecule has 6 heteroatoms. The topological polar surface area (TPSA) is 50.8 Å². The van der Waals surface area contributed by atoms with Crippen molar-refractivity contribution < 1.29 is 14.3 Å². The summed E-state index contributed by atoms with van der Waals surface area (Å²) in [4.78, 5) is 14.3. The third-order valence-corrected chi connectivity index (χ3v) is 4.06. The van der Waals surface area contributed by atoms with Gasteiger partial charge >= 0.3 is 6.03 Å². The molecule has 0 radical (unpaired) electrons. The molecule has 0 unspecified atom stereocenters. The van der Waals surface area contributed by atoms with Gasteiger partial charge in [-0.15, -0.1) is 0 Å². The number of amides is 2. The molecule has 0 spiro atoms. The molecule has 1 heterocycles. The molecule has 22 heavy (non-hydrogen) atoms. The molecule has 1 N–H and O–H groups in total. The van der Waals surface area contributed by atoms with Crippen LogP contribution in [0, 0.1) is 0 Å². The summed E-state index contributed by atoms with van der Waals surface area (Å²) in [6.45, 7) is 4.35.